The van der Waals surface area contributed by atoms with Crippen molar-refractivity contribution in [3.8, 4) is 0 Å². The minimum absolute atomic E-state index is 0.0614. The second-order valence-corrected chi connectivity index (χ2v) is 4.92. The fraction of sp³-hybridized carbons (Fsp3) is 0.385. The van der Waals surface area contributed by atoms with Crippen LogP contribution < -0.4 is 4.90 Å². The maximum Gasteiger partial charge on any atom is 0.253 e. The molecule has 18 heavy (non-hydrogen) atoms. The van der Waals surface area contributed by atoms with Crippen LogP contribution in [0.25, 0.3) is 0 Å². The van der Waals surface area contributed by atoms with Gasteiger partial charge in [0.15, 0.2) is 0 Å². The molecule has 1 fully saturated rings. The fourth-order valence-electron chi connectivity index (χ4n) is 2.01. The van der Waals surface area contributed by atoms with E-state index in [0.717, 1.165) is 6.42 Å². The molecule has 0 saturated carbocycles. The van der Waals surface area contributed by atoms with E-state index in [1.807, 2.05) is 0 Å². The Balaban J connectivity index is 2.38. The molecule has 1 saturated heterocycles. The normalized spacial score (nSPS) is 15.1. The molecule has 0 aromatic heterocycles. The Hall–Kier alpha value is -1.55. The molecule has 1 aliphatic heterocycles. The molecule has 0 atom stereocenters. The first-order valence-corrected chi connectivity index (χ1v) is 6.20. The van der Waals surface area contributed by atoms with E-state index < -0.39 is 0 Å². The lowest BCUT2D eigenvalue weighted by Crippen LogP contribution is -2.25. The Morgan fingerprint density at radius 3 is 2.67 bits per heavy atom. The lowest BCUT2D eigenvalue weighted by Gasteiger charge is -2.19. The summed E-state index contributed by atoms with van der Waals surface area (Å²) in [4.78, 5) is 26.7. The van der Waals surface area contributed by atoms with Crippen molar-refractivity contribution >= 4 is 29.1 Å². The number of anilines is 1. The van der Waals surface area contributed by atoms with Crippen molar-refractivity contribution in [3.63, 3.8) is 0 Å². The molecule has 0 bridgehead atoms. The summed E-state index contributed by atoms with van der Waals surface area (Å²) in [6.07, 6.45) is 1.38. The molecule has 0 unspecified atom stereocenters. The van der Waals surface area contributed by atoms with E-state index in [1.165, 1.54) is 4.90 Å². The molecule has 96 valence electrons. The number of amides is 2. The number of nitrogens with zero attached hydrogens (tertiary/aromatic N) is 2. The molecule has 2 amide bonds. The number of benzene rings is 1. The van der Waals surface area contributed by atoms with Crippen LogP contribution >= 0.6 is 11.6 Å². The third kappa shape index (κ3) is 2.34. The predicted molar refractivity (Wildman–Crippen MR) is 71.1 cm³/mol. The number of hydrogen-bond donors (Lipinski definition) is 0. The third-order valence-electron chi connectivity index (χ3n) is 2.96. The van der Waals surface area contributed by atoms with Crippen molar-refractivity contribution in [2.24, 2.45) is 0 Å². The van der Waals surface area contributed by atoms with E-state index in [9.17, 15) is 9.59 Å². The quantitative estimate of drug-likeness (QED) is 0.823. The summed E-state index contributed by atoms with van der Waals surface area (Å²) in [5.74, 6) is -0.0362. The summed E-state index contributed by atoms with van der Waals surface area (Å²) in [6, 6.07) is 5.03. The van der Waals surface area contributed by atoms with Crippen LogP contribution in [0.4, 0.5) is 5.69 Å². The molecule has 5 heteroatoms. The fourth-order valence-corrected chi connectivity index (χ4v) is 2.23. The van der Waals surface area contributed by atoms with E-state index >= 15 is 0 Å². The van der Waals surface area contributed by atoms with Crippen LogP contribution in [-0.4, -0.2) is 37.4 Å². The zero-order valence-corrected chi connectivity index (χ0v) is 11.2. The monoisotopic (exact) mass is 266 g/mol. The molecule has 0 aliphatic carbocycles. The van der Waals surface area contributed by atoms with Gasteiger partial charge in [-0.3, -0.25) is 9.59 Å². The van der Waals surface area contributed by atoms with Crippen LogP contribution in [0.2, 0.25) is 5.02 Å². The summed E-state index contributed by atoms with van der Waals surface area (Å²) < 4.78 is 0. The van der Waals surface area contributed by atoms with Crippen molar-refractivity contribution < 1.29 is 9.59 Å². The standard InChI is InChI=1S/C13H15ClN2O2/c1-15(2)13(18)9-5-6-10(14)11(8-9)16-7-3-4-12(16)17/h5-6,8H,3-4,7H2,1-2H3. The topological polar surface area (TPSA) is 40.6 Å². The zero-order chi connectivity index (χ0) is 13.3. The van der Waals surface area contributed by atoms with E-state index in [-0.39, 0.29) is 11.8 Å². The highest BCUT2D eigenvalue weighted by Crippen LogP contribution is 2.30. The number of rotatable bonds is 2. The van der Waals surface area contributed by atoms with Crippen molar-refractivity contribution in [2.75, 3.05) is 25.5 Å². The molecular weight excluding hydrogens is 252 g/mol. The van der Waals surface area contributed by atoms with Gasteiger partial charge in [-0.1, -0.05) is 11.6 Å². The molecule has 4 nitrogen and oxygen atoms in total. The Kier molecular flexibility index (Phi) is 3.57. The smallest absolute Gasteiger partial charge is 0.253 e. The molecule has 2 rings (SSSR count). The molecule has 1 aromatic rings. The second kappa shape index (κ2) is 4.98. The van der Waals surface area contributed by atoms with Crippen LogP contribution in [0.5, 0.6) is 0 Å². The number of carbonyl (C=O) groups excluding carboxylic acids is 2. The summed E-state index contributed by atoms with van der Waals surface area (Å²) in [5, 5.41) is 0.501. The van der Waals surface area contributed by atoms with Gasteiger partial charge in [-0.25, -0.2) is 0 Å². The average Bonchev–Trinajstić information content (AvgIpc) is 2.75. The first kappa shape index (κ1) is 12.9. The van der Waals surface area contributed by atoms with Gasteiger partial charge < -0.3 is 9.80 Å². The van der Waals surface area contributed by atoms with Crippen LogP contribution in [0.15, 0.2) is 18.2 Å². The Labute approximate surface area is 111 Å². The Morgan fingerprint density at radius 2 is 2.11 bits per heavy atom. The number of halogens is 1. The van der Waals surface area contributed by atoms with Gasteiger partial charge >= 0.3 is 0 Å². The van der Waals surface area contributed by atoms with E-state index in [2.05, 4.69) is 0 Å². The molecule has 0 spiro atoms. The summed E-state index contributed by atoms with van der Waals surface area (Å²) in [7, 11) is 3.38. The van der Waals surface area contributed by atoms with E-state index in [4.69, 9.17) is 11.6 Å². The zero-order valence-electron chi connectivity index (χ0n) is 10.4. The van der Waals surface area contributed by atoms with Gasteiger partial charge in [0.25, 0.3) is 5.91 Å². The maximum absolute atomic E-state index is 11.9. The van der Waals surface area contributed by atoms with Crippen LogP contribution in [0, 0.1) is 0 Å². The van der Waals surface area contributed by atoms with Crippen molar-refractivity contribution in [3.05, 3.63) is 28.8 Å². The average molecular weight is 267 g/mol. The van der Waals surface area contributed by atoms with Crippen LogP contribution in [0.1, 0.15) is 23.2 Å². The minimum Gasteiger partial charge on any atom is -0.345 e. The van der Waals surface area contributed by atoms with Crippen molar-refractivity contribution in [1.29, 1.82) is 0 Å². The maximum atomic E-state index is 11.9. The highest BCUT2D eigenvalue weighted by molar-refractivity contribution is 6.34. The van der Waals surface area contributed by atoms with Crippen molar-refractivity contribution in [2.45, 2.75) is 12.8 Å². The SMILES string of the molecule is CN(C)C(=O)c1ccc(Cl)c(N2CCCC2=O)c1. The van der Waals surface area contributed by atoms with Gasteiger partial charge in [-0.2, -0.15) is 0 Å². The van der Waals surface area contributed by atoms with Gasteiger partial charge in [0.05, 0.1) is 10.7 Å². The lowest BCUT2D eigenvalue weighted by molar-refractivity contribution is -0.117. The van der Waals surface area contributed by atoms with E-state index in [1.54, 1.807) is 37.2 Å². The Bertz CT molecular complexity index is 500. The number of carbonyl (C=O) groups is 2. The van der Waals surface area contributed by atoms with Gasteiger partial charge in [0.2, 0.25) is 5.91 Å². The number of hydrogen-bond acceptors (Lipinski definition) is 2. The summed E-state index contributed by atoms with van der Waals surface area (Å²) >= 11 is 6.11. The van der Waals surface area contributed by atoms with Gasteiger partial charge in [-0.05, 0) is 24.6 Å². The molecule has 1 aromatic carbocycles. The van der Waals surface area contributed by atoms with Gasteiger partial charge in [-0.15, -0.1) is 0 Å². The largest absolute Gasteiger partial charge is 0.345 e. The van der Waals surface area contributed by atoms with Crippen LogP contribution in [0.3, 0.4) is 0 Å². The van der Waals surface area contributed by atoms with Crippen molar-refractivity contribution in [1.82, 2.24) is 4.90 Å². The molecule has 0 N–H and O–H groups in total. The third-order valence-corrected chi connectivity index (χ3v) is 3.28. The second-order valence-electron chi connectivity index (χ2n) is 4.51. The first-order valence-electron chi connectivity index (χ1n) is 5.82. The van der Waals surface area contributed by atoms with Gasteiger partial charge in [0.1, 0.15) is 0 Å². The lowest BCUT2D eigenvalue weighted by atomic mass is 10.1. The molecule has 1 heterocycles. The van der Waals surface area contributed by atoms with Crippen LogP contribution in [-0.2, 0) is 4.79 Å². The first-order chi connectivity index (χ1) is 8.50. The molecule has 0 radical (unpaired) electrons. The summed E-state index contributed by atoms with van der Waals surface area (Å²) in [6.45, 7) is 0.665. The van der Waals surface area contributed by atoms with E-state index in [0.29, 0.717) is 29.2 Å². The van der Waals surface area contributed by atoms with Gasteiger partial charge in [0, 0.05) is 32.6 Å². The molecule has 1 aliphatic rings. The highest BCUT2D eigenvalue weighted by Gasteiger charge is 2.24. The minimum atomic E-state index is -0.0976. The highest BCUT2D eigenvalue weighted by atomic mass is 35.5. The molecular formula is C13H15ClN2O2. The predicted octanol–water partition coefficient (Wildman–Crippen LogP) is 2.17. The Morgan fingerprint density at radius 1 is 1.39 bits per heavy atom. The summed E-state index contributed by atoms with van der Waals surface area (Å²) in [5.41, 5.74) is 1.17.